The highest BCUT2D eigenvalue weighted by Crippen LogP contribution is 2.23. The SMILES string of the molecule is Cc1cnccc1N1CC(O)CC1=O. The Morgan fingerprint density at radius 1 is 1.64 bits per heavy atom. The van der Waals surface area contributed by atoms with Crippen LogP contribution in [0.25, 0.3) is 0 Å². The minimum Gasteiger partial charge on any atom is -0.391 e. The fourth-order valence-electron chi connectivity index (χ4n) is 1.69. The zero-order valence-electron chi connectivity index (χ0n) is 7.97. The minimum absolute atomic E-state index is 0.0215. The van der Waals surface area contributed by atoms with Gasteiger partial charge in [0.1, 0.15) is 0 Å². The fraction of sp³-hybridized carbons (Fsp3) is 0.400. The summed E-state index contributed by atoms with van der Waals surface area (Å²) in [5.41, 5.74) is 1.80. The molecular weight excluding hydrogens is 180 g/mol. The number of aliphatic hydroxyl groups excluding tert-OH is 1. The maximum atomic E-state index is 11.5. The van der Waals surface area contributed by atoms with Crippen LogP contribution in [0.2, 0.25) is 0 Å². The van der Waals surface area contributed by atoms with E-state index < -0.39 is 6.10 Å². The van der Waals surface area contributed by atoms with E-state index in [1.165, 1.54) is 0 Å². The van der Waals surface area contributed by atoms with Crippen molar-refractivity contribution in [1.29, 1.82) is 0 Å². The first-order chi connectivity index (χ1) is 6.68. The molecule has 2 heterocycles. The van der Waals surface area contributed by atoms with Crippen LogP contribution in [-0.4, -0.2) is 28.6 Å². The van der Waals surface area contributed by atoms with Gasteiger partial charge < -0.3 is 10.0 Å². The molecule has 0 spiro atoms. The summed E-state index contributed by atoms with van der Waals surface area (Å²) in [5, 5.41) is 9.34. The Bertz CT molecular complexity index is 365. The van der Waals surface area contributed by atoms with Crippen LogP contribution in [0.5, 0.6) is 0 Å². The summed E-state index contributed by atoms with van der Waals surface area (Å²) in [5.74, 6) is -0.0215. The van der Waals surface area contributed by atoms with Crippen LogP contribution < -0.4 is 4.90 Å². The number of aryl methyl sites for hydroxylation is 1. The molecule has 0 aliphatic carbocycles. The standard InChI is InChI=1S/C10H12N2O2/c1-7-5-11-3-2-9(7)12-6-8(13)4-10(12)14/h2-3,5,8,13H,4,6H2,1H3. The van der Waals surface area contributed by atoms with Crippen LogP contribution in [0.1, 0.15) is 12.0 Å². The first kappa shape index (κ1) is 9.15. The lowest BCUT2D eigenvalue weighted by Crippen LogP contribution is -2.25. The summed E-state index contributed by atoms with van der Waals surface area (Å²) in [7, 11) is 0. The van der Waals surface area contributed by atoms with Crippen molar-refractivity contribution in [3.8, 4) is 0 Å². The van der Waals surface area contributed by atoms with Crippen molar-refractivity contribution in [2.24, 2.45) is 0 Å². The lowest BCUT2D eigenvalue weighted by Gasteiger charge is -2.17. The Labute approximate surface area is 82.2 Å². The maximum Gasteiger partial charge on any atom is 0.229 e. The minimum atomic E-state index is -0.532. The molecule has 14 heavy (non-hydrogen) atoms. The molecule has 0 aromatic carbocycles. The van der Waals surface area contributed by atoms with E-state index in [4.69, 9.17) is 0 Å². The molecule has 1 aliphatic heterocycles. The summed E-state index contributed by atoms with van der Waals surface area (Å²) in [6, 6.07) is 1.80. The van der Waals surface area contributed by atoms with Crippen LogP contribution in [0.15, 0.2) is 18.5 Å². The second kappa shape index (κ2) is 3.38. The second-order valence-electron chi connectivity index (χ2n) is 3.52. The van der Waals surface area contributed by atoms with Gasteiger partial charge in [0, 0.05) is 18.1 Å². The zero-order chi connectivity index (χ0) is 10.1. The lowest BCUT2D eigenvalue weighted by molar-refractivity contribution is -0.117. The molecule has 1 aromatic heterocycles. The Kier molecular flexibility index (Phi) is 2.21. The molecule has 1 unspecified atom stereocenters. The number of carbonyl (C=O) groups is 1. The summed E-state index contributed by atoms with van der Waals surface area (Å²) in [6.07, 6.45) is 3.06. The van der Waals surface area contributed by atoms with E-state index in [0.29, 0.717) is 6.54 Å². The van der Waals surface area contributed by atoms with Crippen LogP contribution in [0, 0.1) is 6.92 Å². The topological polar surface area (TPSA) is 53.4 Å². The number of rotatable bonds is 1. The number of hydrogen-bond donors (Lipinski definition) is 1. The van der Waals surface area contributed by atoms with Gasteiger partial charge in [-0.05, 0) is 18.6 Å². The number of hydrogen-bond acceptors (Lipinski definition) is 3. The van der Waals surface area contributed by atoms with Crippen molar-refractivity contribution < 1.29 is 9.90 Å². The number of aromatic nitrogens is 1. The molecule has 4 heteroatoms. The summed E-state index contributed by atoms with van der Waals surface area (Å²) in [6.45, 7) is 2.30. The average molecular weight is 192 g/mol. The van der Waals surface area contributed by atoms with E-state index in [9.17, 15) is 9.90 Å². The first-order valence-electron chi connectivity index (χ1n) is 4.57. The number of nitrogens with zero attached hydrogens (tertiary/aromatic N) is 2. The molecule has 4 nitrogen and oxygen atoms in total. The van der Waals surface area contributed by atoms with Gasteiger partial charge in [-0.2, -0.15) is 0 Å². The van der Waals surface area contributed by atoms with Gasteiger partial charge in [-0.25, -0.2) is 0 Å². The van der Waals surface area contributed by atoms with Crippen molar-refractivity contribution >= 4 is 11.6 Å². The highest BCUT2D eigenvalue weighted by molar-refractivity contribution is 5.96. The monoisotopic (exact) mass is 192 g/mol. The number of carbonyl (C=O) groups excluding carboxylic acids is 1. The van der Waals surface area contributed by atoms with E-state index in [-0.39, 0.29) is 12.3 Å². The van der Waals surface area contributed by atoms with E-state index in [0.717, 1.165) is 11.3 Å². The van der Waals surface area contributed by atoms with E-state index in [1.54, 1.807) is 23.4 Å². The molecule has 2 rings (SSSR count). The van der Waals surface area contributed by atoms with Crippen LogP contribution in [-0.2, 0) is 4.79 Å². The molecule has 1 atom stereocenters. The van der Waals surface area contributed by atoms with Gasteiger partial charge in [0.25, 0.3) is 0 Å². The summed E-state index contributed by atoms with van der Waals surface area (Å²) >= 11 is 0. The van der Waals surface area contributed by atoms with Crippen molar-refractivity contribution in [2.45, 2.75) is 19.4 Å². The molecule has 0 bridgehead atoms. The summed E-state index contributed by atoms with van der Waals surface area (Å²) < 4.78 is 0. The molecule has 0 radical (unpaired) electrons. The molecule has 1 saturated heterocycles. The second-order valence-corrected chi connectivity index (χ2v) is 3.52. The fourth-order valence-corrected chi connectivity index (χ4v) is 1.69. The van der Waals surface area contributed by atoms with Gasteiger partial charge in [0.15, 0.2) is 0 Å². The van der Waals surface area contributed by atoms with Gasteiger partial charge in [-0.3, -0.25) is 9.78 Å². The Morgan fingerprint density at radius 2 is 2.43 bits per heavy atom. The smallest absolute Gasteiger partial charge is 0.229 e. The van der Waals surface area contributed by atoms with Gasteiger partial charge >= 0.3 is 0 Å². The highest BCUT2D eigenvalue weighted by atomic mass is 16.3. The number of β-amino-alcohol motifs (C(OH)–C–C–N with tert-alkyl or cyclic N) is 1. The molecule has 0 saturated carbocycles. The van der Waals surface area contributed by atoms with Gasteiger partial charge in [0.05, 0.1) is 19.1 Å². The maximum absolute atomic E-state index is 11.5. The number of amides is 1. The largest absolute Gasteiger partial charge is 0.391 e. The third kappa shape index (κ3) is 1.48. The molecule has 1 aromatic rings. The van der Waals surface area contributed by atoms with Crippen LogP contribution in [0.3, 0.4) is 0 Å². The normalized spacial score (nSPS) is 21.7. The third-order valence-electron chi connectivity index (χ3n) is 2.39. The van der Waals surface area contributed by atoms with Gasteiger partial charge in [-0.15, -0.1) is 0 Å². The molecule has 74 valence electrons. The predicted molar refractivity (Wildman–Crippen MR) is 52.0 cm³/mol. The molecular formula is C10H12N2O2. The lowest BCUT2D eigenvalue weighted by atomic mass is 10.2. The van der Waals surface area contributed by atoms with E-state index in [2.05, 4.69) is 4.98 Å². The van der Waals surface area contributed by atoms with E-state index >= 15 is 0 Å². The van der Waals surface area contributed by atoms with Gasteiger partial charge in [0.2, 0.25) is 5.91 Å². The number of aliphatic hydroxyl groups is 1. The first-order valence-corrected chi connectivity index (χ1v) is 4.57. The van der Waals surface area contributed by atoms with Crippen molar-refractivity contribution in [3.63, 3.8) is 0 Å². The third-order valence-corrected chi connectivity index (χ3v) is 2.39. The quantitative estimate of drug-likeness (QED) is 0.704. The number of anilines is 1. The summed E-state index contributed by atoms with van der Waals surface area (Å²) in [4.78, 5) is 17.1. The highest BCUT2D eigenvalue weighted by Gasteiger charge is 2.29. The van der Waals surface area contributed by atoms with Crippen molar-refractivity contribution in [2.75, 3.05) is 11.4 Å². The average Bonchev–Trinajstić information content (AvgIpc) is 2.46. The Hall–Kier alpha value is -1.42. The molecule has 1 N–H and O–H groups in total. The molecule has 1 fully saturated rings. The van der Waals surface area contributed by atoms with E-state index in [1.807, 2.05) is 6.92 Å². The number of pyridine rings is 1. The Morgan fingerprint density at radius 3 is 3.00 bits per heavy atom. The Balaban J connectivity index is 2.32. The molecule has 1 amide bonds. The van der Waals surface area contributed by atoms with Crippen LogP contribution >= 0.6 is 0 Å². The van der Waals surface area contributed by atoms with Crippen molar-refractivity contribution in [1.82, 2.24) is 4.98 Å². The van der Waals surface area contributed by atoms with Gasteiger partial charge in [-0.1, -0.05) is 0 Å². The predicted octanol–water partition coefficient (Wildman–Crippen LogP) is 0.488. The van der Waals surface area contributed by atoms with Crippen molar-refractivity contribution in [3.05, 3.63) is 24.0 Å². The zero-order valence-corrected chi connectivity index (χ0v) is 7.97. The van der Waals surface area contributed by atoms with Crippen LogP contribution in [0.4, 0.5) is 5.69 Å². The molecule has 1 aliphatic rings.